The Morgan fingerprint density at radius 2 is 2.13 bits per heavy atom. The van der Waals surface area contributed by atoms with Gasteiger partial charge in [-0.15, -0.1) is 0 Å². The molecule has 1 aliphatic rings. The van der Waals surface area contributed by atoms with Gasteiger partial charge < -0.3 is 14.4 Å². The zero-order chi connectivity index (χ0) is 11.1. The average molecular weight is 216 g/mol. The van der Waals surface area contributed by atoms with Gasteiger partial charge in [0.05, 0.1) is 19.8 Å². The van der Waals surface area contributed by atoms with Crippen LogP contribution in [-0.2, 0) is 14.3 Å². The molecule has 1 fully saturated rings. The van der Waals surface area contributed by atoms with Gasteiger partial charge in [0.15, 0.2) is 0 Å². The second-order valence-electron chi connectivity index (χ2n) is 3.20. The van der Waals surface area contributed by atoms with Gasteiger partial charge in [0.1, 0.15) is 0 Å². The predicted molar refractivity (Wildman–Crippen MR) is 52.4 cm³/mol. The van der Waals surface area contributed by atoms with E-state index < -0.39 is 0 Å². The summed E-state index contributed by atoms with van der Waals surface area (Å²) in [5.74, 6) is -0.212. The summed E-state index contributed by atoms with van der Waals surface area (Å²) in [4.78, 5) is 23.6. The minimum absolute atomic E-state index is 0.212. The SMILES string of the molecule is COCCOCCN1CCC(=O)NC1=O. The second kappa shape index (κ2) is 6.36. The van der Waals surface area contributed by atoms with E-state index in [1.165, 1.54) is 0 Å². The largest absolute Gasteiger partial charge is 0.382 e. The van der Waals surface area contributed by atoms with E-state index >= 15 is 0 Å². The molecule has 1 saturated heterocycles. The molecule has 86 valence electrons. The monoisotopic (exact) mass is 216 g/mol. The van der Waals surface area contributed by atoms with Crippen LogP contribution >= 0.6 is 0 Å². The minimum Gasteiger partial charge on any atom is -0.382 e. The highest BCUT2D eigenvalue weighted by Crippen LogP contribution is 1.99. The molecule has 0 aromatic heterocycles. The van der Waals surface area contributed by atoms with Crippen molar-refractivity contribution in [3.8, 4) is 0 Å². The third-order valence-electron chi connectivity index (χ3n) is 2.08. The standard InChI is InChI=1S/C9H16N2O4/c1-14-6-7-15-5-4-11-3-2-8(12)10-9(11)13/h2-7H2,1H3,(H,10,12,13). The fourth-order valence-electron chi connectivity index (χ4n) is 1.23. The van der Waals surface area contributed by atoms with Gasteiger partial charge in [-0.1, -0.05) is 0 Å². The Labute approximate surface area is 88.5 Å². The van der Waals surface area contributed by atoms with E-state index in [4.69, 9.17) is 9.47 Å². The van der Waals surface area contributed by atoms with Crippen molar-refractivity contribution >= 4 is 11.9 Å². The van der Waals surface area contributed by atoms with Crippen molar-refractivity contribution < 1.29 is 19.1 Å². The molecule has 3 amide bonds. The number of rotatable bonds is 6. The van der Waals surface area contributed by atoms with Crippen LogP contribution in [-0.4, -0.2) is 56.9 Å². The van der Waals surface area contributed by atoms with Gasteiger partial charge in [0, 0.05) is 26.6 Å². The van der Waals surface area contributed by atoms with Crippen LogP contribution < -0.4 is 5.32 Å². The number of nitrogens with zero attached hydrogens (tertiary/aromatic N) is 1. The number of nitrogens with one attached hydrogen (secondary N) is 1. The van der Waals surface area contributed by atoms with Crippen molar-refractivity contribution in [2.45, 2.75) is 6.42 Å². The lowest BCUT2D eigenvalue weighted by Crippen LogP contribution is -2.50. The molecule has 0 radical (unpaired) electrons. The van der Waals surface area contributed by atoms with Crippen molar-refractivity contribution in [3.63, 3.8) is 0 Å². The van der Waals surface area contributed by atoms with Crippen molar-refractivity contribution in [2.24, 2.45) is 0 Å². The predicted octanol–water partition coefficient (Wildman–Crippen LogP) is -0.409. The summed E-state index contributed by atoms with van der Waals surface area (Å²) in [5, 5.41) is 2.25. The molecule has 6 heteroatoms. The fourth-order valence-corrected chi connectivity index (χ4v) is 1.23. The minimum atomic E-state index is -0.332. The molecule has 0 spiro atoms. The van der Waals surface area contributed by atoms with Crippen LogP contribution in [0.25, 0.3) is 0 Å². The first-order chi connectivity index (χ1) is 7.24. The highest BCUT2D eigenvalue weighted by Gasteiger charge is 2.21. The van der Waals surface area contributed by atoms with E-state index in [0.29, 0.717) is 39.3 Å². The Bertz CT molecular complexity index is 232. The maximum atomic E-state index is 11.2. The molecule has 0 unspecified atom stereocenters. The normalized spacial score (nSPS) is 16.7. The highest BCUT2D eigenvalue weighted by molar-refractivity contribution is 5.96. The number of hydrogen-bond donors (Lipinski definition) is 1. The molecule has 1 heterocycles. The summed E-state index contributed by atoms with van der Waals surface area (Å²) in [6, 6.07) is -0.332. The first kappa shape index (κ1) is 11.9. The van der Waals surface area contributed by atoms with Gasteiger partial charge in [0.2, 0.25) is 5.91 Å². The van der Waals surface area contributed by atoms with E-state index in [2.05, 4.69) is 5.32 Å². The van der Waals surface area contributed by atoms with Gasteiger partial charge in [-0.3, -0.25) is 10.1 Å². The Balaban J connectivity index is 2.10. The number of hydrogen-bond acceptors (Lipinski definition) is 4. The van der Waals surface area contributed by atoms with Crippen molar-refractivity contribution in [2.75, 3.05) is 40.0 Å². The molecule has 0 bridgehead atoms. The summed E-state index contributed by atoms with van der Waals surface area (Å²) < 4.78 is 10.0. The second-order valence-corrected chi connectivity index (χ2v) is 3.20. The maximum Gasteiger partial charge on any atom is 0.324 e. The molecule has 15 heavy (non-hydrogen) atoms. The number of ether oxygens (including phenoxy) is 2. The van der Waals surface area contributed by atoms with E-state index in [1.807, 2.05) is 0 Å². The number of carbonyl (C=O) groups excluding carboxylic acids is 2. The molecule has 0 aromatic rings. The van der Waals surface area contributed by atoms with Crippen LogP contribution in [0.3, 0.4) is 0 Å². The zero-order valence-electron chi connectivity index (χ0n) is 8.82. The zero-order valence-corrected chi connectivity index (χ0v) is 8.82. The molecule has 1 aliphatic heterocycles. The lowest BCUT2D eigenvalue weighted by Gasteiger charge is -2.26. The van der Waals surface area contributed by atoms with Crippen molar-refractivity contribution in [3.05, 3.63) is 0 Å². The van der Waals surface area contributed by atoms with E-state index in [-0.39, 0.29) is 11.9 Å². The van der Waals surface area contributed by atoms with Gasteiger partial charge in [-0.2, -0.15) is 0 Å². The number of carbonyl (C=O) groups is 2. The summed E-state index contributed by atoms with van der Waals surface area (Å²) in [6.45, 7) is 2.50. The first-order valence-corrected chi connectivity index (χ1v) is 4.89. The van der Waals surface area contributed by atoms with Crippen LogP contribution in [0.4, 0.5) is 4.79 Å². The van der Waals surface area contributed by atoms with Crippen molar-refractivity contribution in [1.82, 2.24) is 10.2 Å². The van der Waals surface area contributed by atoms with Gasteiger partial charge >= 0.3 is 6.03 Å². The van der Waals surface area contributed by atoms with Crippen LogP contribution in [0, 0.1) is 0 Å². The summed E-state index contributed by atoms with van der Waals surface area (Å²) in [7, 11) is 1.60. The molecule has 0 atom stereocenters. The molecule has 0 saturated carbocycles. The molecule has 0 aliphatic carbocycles. The molecule has 1 rings (SSSR count). The summed E-state index contributed by atoms with van der Waals surface area (Å²) in [5.41, 5.74) is 0. The number of urea groups is 1. The first-order valence-electron chi connectivity index (χ1n) is 4.89. The Morgan fingerprint density at radius 1 is 1.33 bits per heavy atom. The van der Waals surface area contributed by atoms with Crippen LogP contribution in [0.15, 0.2) is 0 Å². The lowest BCUT2D eigenvalue weighted by atomic mass is 10.3. The number of amides is 3. The van der Waals surface area contributed by atoms with E-state index in [0.717, 1.165) is 0 Å². The number of methoxy groups -OCH3 is 1. The topological polar surface area (TPSA) is 67.9 Å². The molecular weight excluding hydrogens is 200 g/mol. The molecule has 0 aromatic carbocycles. The maximum absolute atomic E-state index is 11.2. The lowest BCUT2D eigenvalue weighted by molar-refractivity contribution is -0.121. The third-order valence-corrected chi connectivity index (χ3v) is 2.08. The Morgan fingerprint density at radius 3 is 2.80 bits per heavy atom. The fraction of sp³-hybridized carbons (Fsp3) is 0.778. The van der Waals surface area contributed by atoms with Crippen LogP contribution in [0.1, 0.15) is 6.42 Å². The molecule has 6 nitrogen and oxygen atoms in total. The highest BCUT2D eigenvalue weighted by atomic mass is 16.5. The van der Waals surface area contributed by atoms with Crippen molar-refractivity contribution in [1.29, 1.82) is 0 Å². The number of imide groups is 1. The molecular formula is C9H16N2O4. The Hall–Kier alpha value is -1.14. The van der Waals surface area contributed by atoms with Gasteiger partial charge in [-0.05, 0) is 0 Å². The summed E-state index contributed by atoms with van der Waals surface area (Å²) in [6.07, 6.45) is 0.365. The van der Waals surface area contributed by atoms with E-state index in [9.17, 15) is 9.59 Å². The summed E-state index contributed by atoms with van der Waals surface area (Å²) >= 11 is 0. The van der Waals surface area contributed by atoms with Gasteiger partial charge in [0.25, 0.3) is 0 Å². The third kappa shape index (κ3) is 4.26. The van der Waals surface area contributed by atoms with Gasteiger partial charge in [-0.25, -0.2) is 4.79 Å². The quantitative estimate of drug-likeness (QED) is 0.613. The Kier molecular flexibility index (Phi) is 5.06. The van der Waals surface area contributed by atoms with Crippen LogP contribution in [0.2, 0.25) is 0 Å². The molecule has 1 N–H and O–H groups in total. The van der Waals surface area contributed by atoms with Crippen LogP contribution in [0.5, 0.6) is 0 Å². The smallest absolute Gasteiger partial charge is 0.324 e. The van der Waals surface area contributed by atoms with E-state index in [1.54, 1.807) is 12.0 Å². The average Bonchev–Trinajstić information content (AvgIpc) is 2.20.